The lowest BCUT2D eigenvalue weighted by Crippen LogP contribution is -2.32. The molecule has 0 saturated heterocycles. The topological polar surface area (TPSA) is 35.0 Å². The number of benzene rings is 9. The van der Waals surface area contributed by atoms with Crippen LogP contribution in [0.5, 0.6) is 11.5 Å². The highest BCUT2D eigenvalue weighted by Gasteiger charge is 2.51. The van der Waals surface area contributed by atoms with E-state index in [0.717, 1.165) is 67.2 Å². The molecular weight excluding hydrogens is 729 g/mol. The molecule has 2 heterocycles. The Balaban J connectivity index is 0.998. The van der Waals surface area contributed by atoms with E-state index in [1.165, 1.54) is 38.8 Å². The molecule has 3 nitrogen and oxygen atoms in total. The highest BCUT2D eigenvalue weighted by atomic mass is 16.5. The van der Waals surface area contributed by atoms with Crippen molar-refractivity contribution in [3.63, 3.8) is 0 Å². The smallest absolute Gasteiger partial charge is 0.160 e. The van der Waals surface area contributed by atoms with Gasteiger partial charge in [0.15, 0.2) is 5.82 Å². The van der Waals surface area contributed by atoms with E-state index in [1.54, 1.807) is 0 Å². The Bertz CT molecular complexity index is 3240. The average Bonchev–Trinajstić information content (AvgIpc) is 3.62. The number of rotatable bonds is 5. The van der Waals surface area contributed by atoms with Gasteiger partial charge < -0.3 is 4.74 Å². The second kappa shape index (κ2) is 13.6. The third-order valence-corrected chi connectivity index (χ3v) is 12.4. The Morgan fingerprint density at radius 2 is 0.817 bits per heavy atom. The van der Waals surface area contributed by atoms with Gasteiger partial charge >= 0.3 is 0 Å². The summed E-state index contributed by atoms with van der Waals surface area (Å²) in [6.07, 6.45) is 0. The summed E-state index contributed by atoms with van der Waals surface area (Å²) < 4.78 is 6.97. The van der Waals surface area contributed by atoms with E-state index in [1.807, 2.05) is 6.07 Å². The summed E-state index contributed by atoms with van der Waals surface area (Å²) in [4.78, 5) is 10.5. The van der Waals surface area contributed by atoms with Gasteiger partial charge in [-0.25, -0.2) is 9.97 Å². The van der Waals surface area contributed by atoms with Crippen molar-refractivity contribution in [3.05, 3.63) is 241 Å². The van der Waals surface area contributed by atoms with Crippen LogP contribution in [0.3, 0.4) is 0 Å². The highest BCUT2D eigenvalue weighted by Crippen LogP contribution is 2.63. The van der Waals surface area contributed by atoms with Gasteiger partial charge in [0.2, 0.25) is 0 Å². The minimum atomic E-state index is -0.515. The zero-order chi connectivity index (χ0) is 39.6. The van der Waals surface area contributed by atoms with Crippen molar-refractivity contribution in [3.8, 4) is 78.8 Å². The third kappa shape index (κ3) is 5.16. The predicted octanol–water partition coefficient (Wildman–Crippen LogP) is 14.4. The third-order valence-electron chi connectivity index (χ3n) is 12.4. The van der Waals surface area contributed by atoms with Crippen LogP contribution in [-0.4, -0.2) is 9.97 Å². The first-order valence-electron chi connectivity index (χ1n) is 20.5. The molecular formula is C57H36N2O. The Morgan fingerprint density at radius 3 is 1.53 bits per heavy atom. The van der Waals surface area contributed by atoms with Gasteiger partial charge in [0.05, 0.1) is 16.8 Å². The zero-order valence-electron chi connectivity index (χ0n) is 32.6. The molecule has 0 bridgehead atoms. The minimum Gasteiger partial charge on any atom is -0.456 e. The van der Waals surface area contributed by atoms with Gasteiger partial charge in [0, 0.05) is 33.4 Å². The van der Waals surface area contributed by atoms with E-state index in [-0.39, 0.29) is 0 Å². The maximum absolute atomic E-state index is 6.97. The first-order valence-corrected chi connectivity index (χ1v) is 20.5. The number of nitrogens with zero attached hydrogens (tertiary/aromatic N) is 2. The molecule has 1 aromatic heterocycles. The standard InChI is InChI=1S/C57H36N2O/c1-3-16-37(17-4-1)41-34-35-47(44-21-8-7-20-43(41)44)53-36-52(39-18-5-2-6-19-39)58-56(59-53)40-32-30-38(31-33-40)42-24-15-28-51-55(42)60-54-29-14-13-27-50(54)57(51)48-25-11-9-22-45(48)46-23-10-12-26-49(46)57/h1-36H. The summed E-state index contributed by atoms with van der Waals surface area (Å²) in [5.41, 5.74) is 16.2. The van der Waals surface area contributed by atoms with Crippen LogP contribution >= 0.6 is 0 Å². The highest BCUT2D eigenvalue weighted by molar-refractivity contribution is 6.05. The number of hydrogen-bond acceptors (Lipinski definition) is 3. The van der Waals surface area contributed by atoms with Crippen molar-refractivity contribution >= 4 is 10.8 Å². The lowest BCUT2D eigenvalue weighted by Gasteiger charge is -2.40. The fraction of sp³-hybridized carbons (Fsp3) is 0.0175. The molecule has 1 aliphatic carbocycles. The van der Waals surface area contributed by atoms with Crippen LogP contribution in [0.25, 0.3) is 78.1 Å². The summed E-state index contributed by atoms with van der Waals surface area (Å²) in [5.74, 6) is 2.43. The van der Waals surface area contributed by atoms with Gasteiger partial charge in [-0.05, 0) is 61.8 Å². The fourth-order valence-electron chi connectivity index (χ4n) is 9.77. The van der Waals surface area contributed by atoms with Gasteiger partial charge in [-0.15, -0.1) is 0 Å². The molecule has 12 rings (SSSR count). The van der Waals surface area contributed by atoms with Crippen molar-refractivity contribution in [2.24, 2.45) is 0 Å². The van der Waals surface area contributed by atoms with Crippen LogP contribution in [0, 0.1) is 0 Å². The molecule has 1 aliphatic heterocycles. The van der Waals surface area contributed by atoms with E-state index >= 15 is 0 Å². The quantitative estimate of drug-likeness (QED) is 0.175. The Morgan fingerprint density at radius 1 is 0.317 bits per heavy atom. The molecule has 9 aromatic carbocycles. The Hall–Kier alpha value is -7.88. The largest absolute Gasteiger partial charge is 0.456 e. The van der Waals surface area contributed by atoms with Crippen LogP contribution in [0.15, 0.2) is 218 Å². The van der Waals surface area contributed by atoms with Crippen LogP contribution in [-0.2, 0) is 5.41 Å². The lowest BCUT2D eigenvalue weighted by molar-refractivity contribution is 0.438. The molecule has 0 atom stereocenters. The van der Waals surface area contributed by atoms with Crippen LogP contribution in [0.2, 0.25) is 0 Å². The summed E-state index contributed by atoms with van der Waals surface area (Å²) in [5, 5.41) is 2.34. The monoisotopic (exact) mass is 764 g/mol. The van der Waals surface area contributed by atoms with E-state index in [4.69, 9.17) is 14.7 Å². The average molecular weight is 765 g/mol. The van der Waals surface area contributed by atoms with E-state index in [9.17, 15) is 0 Å². The van der Waals surface area contributed by atoms with E-state index < -0.39 is 5.41 Å². The second-order valence-corrected chi connectivity index (χ2v) is 15.6. The fourth-order valence-corrected chi connectivity index (χ4v) is 9.77. The molecule has 0 fully saturated rings. The maximum Gasteiger partial charge on any atom is 0.160 e. The Labute approximate surface area is 348 Å². The van der Waals surface area contributed by atoms with E-state index in [2.05, 4.69) is 212 Å². The Kier molecular flexibility index (Phi) is 7.76. The summed E-state index contributed by atoms with van der Waals surface area (Å²) in [7, 11) is 0. The molecule has 2 aliphatic rings. The first kappa shape index (κ1) is 34.2. The molecule has 0 amide bonds. The minimum absolute atomic E-state index is 0.515. The van der Waals surface area contributed by atoms with Crippen molar-refractivity contribution in [1.82, 2.24) is 9.97 Å². The normalized spacial score (nSPS) is 12.9. The number of ether oxygens (including phenoxy) is 1. The molecule has 280 valence electrons. The number of hydrogen-bond donors (Lipinski definition) is 0. The van der Waals surface area contributed by atoms with E-state index in [0.29, 0.717) is 5.82 Å². The molecule has 0 radical (unpaired) electrons. The molecule has 0 N–H and O–H groups in total. The molecule has 60 heavy (non-hydrogen) atoms. The van der Waals surface area contributed by atoms with Crippen molar-refractivity contribution in [2.45, 2.75) is 5.41 Å². The summed E-state index contributed by atoms with van der Waals surface area (Å²) >= 11 is 0. The van der Waals surface area contributed by atoms with Gasteiger partial charge in [0.1, 0.15) is 11.5 Å². The lowest BCUT2D eigenvalue weighted by atomic mass is 9.65. The molecule has 0 saturated carbocycles. The molecule has 3 heteroatoms. The molecule has 10 aromatic rings. The first-order chi connectivity index (χ1) is 29.8. The number of para-hydroxylation sites is 2. The number of fused-ring (bicyclic) bond motifs is 10. The maximum atomic E-state index is 6.97. The van der Waals surface area contributed by atoms with Crippen molar-refractivity contribution < 1.29 is 4.74 Å². The van der Waals surface area contributed by atoms with Crippen molar-refractivity contribution in [1.29, 1.82) is 0 Å². The van der Waals surface area contributed by atoms with Gasteiger partial charge in [-0.2, -0.15) is 0 Å². The van der Waals surface area contributed by atoms with Crippen LogP contribution in [0.1, 0.15) is 22.3 Å². The van der Waals surface area contributed by atoms with Gasteiger partial charge in [-0.1, -0.05) is 206 Å². The summed E-state index contributed by atoms with van der Waals surface area (Å²) in [6.45, 7) is 0. The molecule has 1 spiro atoms. The SMILES string of the molecule is c1ccc(-c2cc(-c3ccc(-c4ccccc4)c4ccccc34)nc(-c3ccc(-c4cccc5c4Oc4ccccc4C54c5ccccc5-c5ccccc54)cc3)n2)cc1. The second-order valence-electron chi connectivity index (χ2n) is 15.6. The zero-order valence-corrected chi connectivity index (χ0v) is 32.6. The summed E-state index contributed by atoms with van der Waals surface area (Å²) in [6, 6.07) is 77.6. The molecule has 0 unspecified atom stereocenters. The predicted molar refractivity (Wildman–Crippen MR) is 244 cm³/mol. The van der Waals surface area contributed by atoms with Crippen LogP contribution in [0.4, 0.5) is 0 Å². The van der Waals surface area contributed by atoms with Crippen LogP contribution < -0.4 is 4.74 Å². The van der Waals surface area contributed by atoms with Gasteiger partial charge in [-0.3, -0.25) is 0 Å². The number of aromatic nitrogens is 2. The van der Waals surface area contributed by atoms with Crippen molar-refractivity contribution in [2.75, 3.05) is 0 Å². The van der Waals surface area contributed by atoms with Gasteiger partial charge in [0.25, 0.3) is 0 Å².